The molecule has 0 saturated carbocycles. The predicted molar refractivity (Wildman–Crippen MR) is 81.0 cm³/mol. The summed E-state index contributed by atoms with van der Waals surface area (Å²) >= 11 is 1.65. The standard InChI is InChI=1S/C15H12N2O2S/c1-9-2-3-10(8-12(9)15(18)19)17-14-11-5-7-20-13(11)4-6-16-14/h2-8H,1H3,(H,16,17)(H,18,19). The van der Waals surface area contributed by atoms with E-state index in [0.29, 0.717) is 5.56 Å². The summed E-state index contributed by atoms with van der Waals surface area (Å²) in [6.07, 6.45) is 1.74. The molecule has 5 heteroatoms. The average molecular weight is 284 g/mol. The lowest BCUT2D eigenvalue weighted by Gasteiger charge is -2.09. The van der Waals surface area contributed by atoms with Crippen molar-refractivity contribution in [1.29, 1.82) is 0 Å². The summed E-state index contributed by atoms with van der Waals surface area (Å²) in [5, 5.41) is 15.4. The third-order valence-electron chi connectivity index (χ3n) is 3.11. The highest BCUT2D eigenvalue weighted by Crippen LogP contribution is 2.28. The van der Waals surface area contributed by atoms with Gasteiger partial charge in [-0.1, -0.05) is 6.07 Å². The Morgan fingerprint density at radius 2 is 2.15 bits per heavy atom. The molecule has 3 aromatic rings. The quantitative estimate of drug-likeness (QED) is 0.761. The molecule has 0 radical (unpaired) electrons. The van der Waals surface area contributed by atoms with Crippen molar-refractivity contribution in [2.45, 2.75) is 6.92 Å². The second kappa shape index (κ2) is 4.94. The zero-order chi connectivity index (χ0) is 14.1. The van der Waals surface area contributed by atoms with E-state index in [-0.39, 0.29) is 0 Å². The summed E-state index contributed by atoms with van der Waals surface area (Å²) in [4.78, 5) is 15.5. The first-order chi connectivity index (χ1) is 9.65. The summed E-state index contributed by atoms with van der Waals surface area (Å²) < 4.78 is 1.15. The van der Waals surface area contributed by atoms with Gasteiger partial charge in [0.25, 0.3) is 0 Å². The van der Waals surface area contributed by atoms with Crippen LogP contribution in [-0.4, -0.2) is 16.1 Å². The lowest BCUT2D eigenvalue weighted by molar-refractivity contribution is 0.0696. The number of carboxylic acid groups (broad SMARTS) is 1. The molecule has 0 fully saturated rings. The fourth-order valence-electron chi connectivity index (χ4n) is 2.06. The Morgan fingerprint density at radius 3 is 2.95 bits per heavy atom. The fraction of sp³-hybridized carbons (Fsp3) is 0.0667. The number of hydrogen-bond acceptors (Lipinski definition) is 4. The van der Waals surface area contributed by atoms with Gasteiger partial charge in [0, 0.05) is 22.0 Å². The third-order valence-corrected chi connectivity index (χ3v) is 3.99. The number of thiophene rings is 1. The highest BCUT2D eigenvalue weighted by Gasteiger charge is 2.09. The van der Waals surface area contributed by atoms with Crippen LogP contribution in [0, 0.1) is 6.92 Å². The minimum Gasteiger partial charge on any atom is -0.478 e. The van der Waals surface area contributed by atoms with Gasteiger partial charge in [-0.3, -0.25) is 0 Å². The van der Waals surface area contributed by atoms with Crippen LogP contribution >= 0.6 is 11.3 Å². The van der Waals surface area contributed by atoms with E-state index in [4.69, 9.17) is 5.11 Å². The SMILES string of the molecule is Cc1ccc(Nc2nccc3sccc23)cc1C(=O)O. The van der Waals surface area contributed by atoms with Crippen molar-refractivity contribution >= 4 is 38.9 Å². The Labute approximate surface area is 119 Å². The van der Waals surface area contributed by atoms with Gasteiger partial charge in [-0.25, -0.2) is 9.78 Å². The van der Waals surface area contributed by atoms with Crippen LogP contribution in [0.1, 0.15) is 15.9 Å². The number of aromatic carboxylic acids is 1. The molecular formula is C15H12N2O2S. The van der Waals surface area contributed by atoms with Crippen molar-refractivity contribution in [3.05, 3.63) is 53.0 Å². The molecule has 2 heterocycles. The number of hydrogen-bond donors (Lipinski definition) is 2. The van der Waals surface area contributed by atoms with Crippen molar-refractivity contribution in [2.75, 3.05) is 5.32 Å². The van der Waals surface area contributed by atoms with E-state index in [2.05, 4.69) is 10.3 Å². The molecule has 0 aliphatic carbocycles. The van der Waals surface area contributed by atoms with E-state index >= 15 is 0 Å². The average Bonchev–Trinajstić information content (AvgIpc) is 2.90. The number of anilines is 2. The first kappa shape index (κ1) is 12.6. The van der Waals surface area contributed by atoms with E-state index in [9.17, 15) is 4.79 Å². The Morgan fingerprint density at radius 1 is 1.30 bits per heavy atom. The second-order valence-electron chi connectivity index (χ2n) is 4.45. The zero-order valence-electron chi connectivity index (χ0n) is 10.8. The first-order valence-corrected chi connectivity index (χ1v) is 6.96. The molecule has 1 aromatic carbocycles. The number of fused-ring (bicyclic) bond motifs is 1. The highest BCUT2D eigenvalue weighted by atomic mass is 32.1. The van der Waals surface area contributed by atoms with Crippen molar-refractivity contribution in [3.63, 3.8) is 0 Å². The van der Waals surface area contributed by atoms with E-state index in [1.54, 1.807) is 36.6 Å². The van der Waals surface area contributed by atoms with Gasteiger partial charge in [0.2, 0.25) is 0 Å². The van der Waals surface area contributed by atoms with Crippen molar-refractivity contribution < 1.29 is 9.90 Å². The molecule has 0 atom stereocenters. The monoisotopic (exact) mass is 284 g/mol. The maximum absolute atomic E-state index is 11.2. The molecule has 0 aliphatic rings. The Kier molecular flexibility index (Phi) is 3.12. The molecular weight excluding hydrogens is 272 g/mol. The number of benzene rings is 1. The van der Waals surface area contributed by atoms with Crippen LogP contribution in [0.2, 0.25) is 0 Å². The normalized spacial score (nSPS) is 10.7. The topological polar surface area (TPSA) is 62.2 Å². The van der Waals surface area contributed by atoms with Crippen LogP contribution in [0.25, 0.3) is 10.1 Å². The predicted octanol–water partition coefficient (Wildman–Crippen LogP) is 4.05. The summed E-state index contributed by atoms with van der Waals surface area (Å²) in [7, 11) is 0. The van der Waals surface area contributed by atoms with Gasteiger partial charge in [-0.2, -0.15) is 0 Å². The molecule has 0 amide bonds. The third kappa shape index (κ3) is 2.23. The lowest BCUT2D eigenvalue weighted by atomic mass is 10.1. The van der Waals surface area contributed by atoms with Gasteiger partial charge in [0.15, 0.2) is 0 Å². The van der Waals surface area contributed by atoms with Gasteiger partial charge in [0.1, 0.15) is 5.82 Å². The van der Waals surface area contributed by atoms with Gasteiger partial charge < -0.3 is 10.4 Å². The van der Waals surface area contributed by atoms with Crippen LogP contribution in [-0.2, 0) is 0 Å². The molecule has 2 N–H and O–H groups in total. The fourth-order valence-corrected chi connectivity index (χ4v) is 2.84. The van der Waals surface area contributed by atoms with Gasteiger partial charge in [-0.15, -0.1) is 11.3 Å². The Balaban J connectivity index is 2.01. The summed E-state index contributed by atoms with van der Waals surface area (Å²) in [5.41, 5.74) is 1.76. The Hall–Kier alpha value is -2.40. The molecule has 3 rings (SSSR count). The molecule has 0 unspecified atom stereocenters. The largest absolute Gasteiger partial charge is 0.478 e. The van der Waals surface area contributed by atoms with Crippen molar-refractivity contribution in [3.8, 4) is 0 Å². The minimum absolute atomic E-state index is 0.299. The van der Waals surface area contributed by atoms with E-state index in [0.717, 1.165) is 27.2 Å². The smallest absolute Gasteiger partial charge is 0.336 e. The number of nitrogens with one attached hydrogen (secondary N) is 1. The summed E-state index contributed by atoms with van der Waals surface area (Å²) in [6, 6.07) is 9.24. The maximum atomic E-state index is 11.2. The second-order valence-corrected chi connectivity index (χ2v) is 5.40. The molecule has 0 spiro atoms. The number of rotatable bonds is 3. The minimum atomic E-state index is -0.923. The number of nitrogens with zero attached hydrogens (tertiary/aromatic N) is 1. The van der Waals surface area contributed by atoms with E-state index in [1.165, 1.54) is 0 Å². The molecule has 0 saturated heterocycles. The highest BCUT2D eigenvalue weighted by molar-refractivity contribution is 7.17. The number of aryl methyl sites for hydroxylation is 1. The molecule has 0 aliphatic heterocycles. The molecule has 100 valence electrons. The van der Waals surface area contributed by atoms with Gasteiger partial charge in [0.05, 0.1) is 5.56 Å². The van der Waals surface area contributed by atoms with Crippen molar-refractivity contribution in [2.24, 2.45) is 0 Å². The number of carbonyl (C=O) groups is 1. The van der Waals surface area contributed by atoms with Crippen LogP contribution < -0.4 is 5.32 Å². The first-order valence-electron chi connectivity index (χ1n) is 6.08. The van der Waals surface area contributed by atoms with Crippen LogP contribution in [0.4, 0.5) is 11.5 Å². The lowest BCUT2D eigenvalue weighted by Crippen LogP contribution is -2.01. The molecule has 20 heavy (non-hydrogen) atoms. The van der Waals surface area contributed by atoms with E-state index < -0.39 is 5.97 Å². The van der Waals surface area contributed by atoms with Crippen molar-refractivity contribution in [1.82, 2.24) is 4.98 Å². The number of aromatic nitrogens is 1. The molecule has 0 bridgehead atoms. The van der Waals surface area contributed by atoms with E-state index in [1.807, 2.05) is 23.6 Å². The number of pyridine rings is 1. The molecule has 4 nitrogen and oxygen atoms in total. The summed E-state index contributed by atoms with van der Waals surface area (Å²) in [6.45, 7) is 1.78. The number of carboxylic acids is 1. The summed E-state index contributed by atoms with van der Waals surface area (Å²) in [5.74, 6) is -0.184. The van der Waals surface area contributed by atoms with Crippen LogP contribution in [0.15, 0.2) is 41.9 Å². The zero-order valence-corrected chi connectivity index (χ0v) is 11.6. The maximum Gasteiger partial charge on any atom is 0.336 e. The molecule has 2 aromatic heterocycles. The van der Waals surface area contributed by atoms with Crippen LogP contribution in [0.5, 0.6) is 0 Å². The van der Waals surface area contributed by atoms with Gasteiger partial charge in [-0.05, 0) is 42.1 Å². The van der Waals surface area contributed by atoms with Crippen LogP contribution in [0.3, 0.4) is 0 Å². The Bertz CT molecular complexity index is 795. The van der Waals surface area contributed by atoms with Gasteiger partial charge >= 0.3 is 5.97 Å².